The van der Waals surface area contributed by atoms with Gasteiger partial charge in [0.25, 0.3) is 0 Å². The molecule has 1 aromatic carbocycles. The lowest BCUT2D eigenvalue weighted by Gasteiger charge is -2.07. The minimum absolute atomic E-state index is 0.223. The maximum atomic E-state index is 13.1. The fraction of sp³-hybridized carbons (Fsp3) is 0.154. The quantitative estimate of drug-likeness (QED) is 0.904. The topological polar surface area (TPSA) is 38.9 Å². The highest BCUT2D eigenvalue weighted by atomic mass is 32.2. The van der Waals surface area contributed by atoms with Gasteiger partial charge in [0.15, 0.2) is 0 Å². The van der Waals surface area contributed by atoms with Gasteiger partial charge in [-0.2, -0.15) is 0 Å². The minimum atomic E-state index is -0.223. The van der Waals surface area contributed by atoms with E-state index in [1.165, 1.54) is 23.9 Å². The van der Waals surface area contributed by atoms with E-state index in [0.717, 1.165) is 15.5 Å². The van der Waals surface area contributed by atoms with Crippen molar-refractivity contribution in [1.82, 2.24) is 4.98 Å². The molecule has 2 nitrogen and oxygen atoms in total. The maximum Gasteiger partial charge on any atom is 0.123 e. The summed E-state index contributed by atoms with van der Waals surface area (Å²) in [6.45, 7) is 0.513. The van der Waals surface area contributed by atoms with E-state index in [2.05, 4.69) is 4.98 Å². The molecule has 0 aliphatic carbocycles. The Hall–Kier alpha value is -1.39. The first-order valence-corrected chi connectivity index (χ1v) is 6.18. The maximum absolute atomic E-state index is 13.1. The van der Waals surface area contributed by atoms with Crippen molar-refractivity contribution in [3.8, 4) is 0 Å². The van der Waals surface area contributed by atoms with Gasteiger partial charge in [-0.15, -0.1) is 0 Å². The van der Waals surface area contributed by atoms with Crippen molar-refractivity contribution in [3.05, 3.63) is 54.0 Å². The van der Waals surface area contributed by atoms with Crippen LogP contribution in [-0.4, -0.2) is 11.5 Å². The summed E-state index contributed by atoms with van der Waals surface area (Å²) in [6.07, 6.45) is 2.42. The van der Waals surface area contributed by atoms with Crippen molar-refractivity contribution in [2.75, 3.05) is 6.54 Å². The van der Waals surface area contributed by atoms with Gasteiger partial charge in [0.2, 0.25) is 0 Å². The summed E-state index contributed by atoms with van der Waals surface area (Å²) in [7, 11) is 0. The molecule has 0 radical (unpaired) electrons. The van der Waals surface area contributed by atoms with Crippen LogP contribution in [0, 0.1) is 5.82 Å². The molecule has 2 N–H and O–H groups in total. The molecule has 1 heterocycles. The van der Waals surface area contributed by atoms with Gasteiger partial charge >= 0.3 is 0 Å². The van der Waals surface area contributed by atoms with Crippen LogP contribution in [0.1, 0.15) is 5.56 Å². The summed E-state index contributed by atoms with van der Waals surface area (Å²) in [4.78, 5) is 5.25. The lowest BCUT2D eigenvalue weighted by molar-refractivity contribution is 0.623. The molecule has 88 valence electrons. The summed E-state index contributed by atoms with van der Waals surface area (Å²) >= 11 is 1.53. The molecule has 2 rings (SSSR count). The van der Waals surface area contributed by atoms with E-state index in [9.17, 15) is 4.39 Å². The Labute approximate surface area is 104 Å². The average Bonchev–Trinajstić information content (AvgIpc) is 2.34. The van der Waals surface area contributed by atoms with Crippen LogP contribution in [-0.2, 0) is 6.42 Å². The lowest BCUT2D eigenvalue weighted by atomic mass is 10.1. The SMILES string of the molecule is NCCc1cc(F)ccc1Sc1ccccn1. The number of hydrogen-bond acceptors (Lipinski definition) is 3. The van der Waals surface area contributed by atoms with Crippen molar-refractivity contribution < 1.29 is 4.39 Å². The largest absolute Gasteiger partial charge is 0.330 e. The molecule has 0 atom stereocenters. The zero-order chi connectivity index (χ0) is 12.1. The number of pyridine rings is 1. The number of benzene rings is 1. The van der Waals surface area contributed by atoms with Gasteiger partial charge in [-0.1, -0.05) is 17.8 Å². The van der Waals surface area contributed by atoms with Crippen molar-refractivity contribution in [1.29, 1.82) is 0 Å². The zero-order valence-corrected chi connectivity index (χ0v) is 10.1. The number of nitrogens with zero attached hydrogens (tertiary/aromatic N) is 1. The molecule has 0 aliphatic heterocycles. The molecule has 1 aromatic heterocycles. The molecule has 0 amide bonds. The van der Waals surface area contributed by atoms with E-state index in [0.29, 0.717) is 13.0 Å². The first kappa shape index (κ1) is 12.1. The smallest absolute Gasteiger partial charge is 0.123 e. The fourth-order valence-electron chi connectivity index (χ4n) is 1.52. The van der Waals surface area contributed by atoms with Gasteiger partial charge < -0.3 is 5.73 Å². The van der Waals surface area contributed by atoms with E-state index >= 15 is 0 Å². The van der Waals surface area contributed by atoms with E-state index in [4.69, 9.17) is 5.73 Å². The molecule has 2 aromatic rings. The first-order valence-electron chi connectivity index (χ1n) is 5.37. The highest BCUT2D eigenvalue weighted by Gasteiger charge is 2.06. The molecular formula is C13H13FN2S. The summed E-state index contributed by atoms with van der Waals surface area (Å²) in [6, 6.07) is 10.5. The standard InChI is InChI=1S/C13H13FN2S/c14-11-4-5-12(10(9-11)6-7-15)17-13-3-1-2-8-16-13/h1-5,8-9H,6-7,15H2. The van der Waals surface area contributed by atoms with Crippen LogP contribution >= 0.6 is 11.8 Å². The van der Waals surface area contributed by atoms with Gasteiger partial charge in [0.1, 0.15) is 10.8 Å². The van der Waals surface area contributed by atoms with E-state index in [1.807, 2.05) is 18.2 Å². The van der Waals surface area contributed by atoms with Crippen molar-refractivity contribution in [2.24, 2.45) is 5.73 Å². The third kappa shape index (κ3) is 3.28. The lowest BCUT2D eigenvalue weighted by Crippen LogP contribution is -2.04. The molecule has 0 bridgehead atoms. The highest BCUT2D eigenvalue weighted by Crippen LogP contribution is 2.29. The van der Waals surface area contributed by atoms with Crippen LogP contribution in [0.2, 0.25) is 0 Å². The molecule has 0 unspecified atom stereocenters. The minimum Gasteiger partial charge on any atom is -0.330 e. The second kappa shape index (κ2) is 5.80. The Morgan fingerprint density at radius 3 is 2.82 bits per heavy atom. The van der Waals surface area contributed by atoms with Crippen LogP contribution in [0.15, 0.2) is 52.5 Å². The highest BCUT2D eigenvalue weighted by molar-refractivity contribution is 7.99. The van der Waals surface area contributed by atoms with Crippen molar-refractivity contribution >= 4 is 11.8 Å². The molecular weight excluding hydrogens is 235 g/mol. The fourth-order valence-corrected chi connectivity index (χ4v) is 2.43. The van der Waals surface area contributed by atoms with E-state index < -0.39 is 0 Å². The van der Waals surface area contributed by atoms with Gasteiger partial charge in [0.05, 0.1) is 0 Å². The first-order chi connectivity index (χ1) is 8.29. The third-order valence-corrected chi connectivity index (χ3v) is 3.36. The number of rotatable bonds is 4. The predicted octanol–water partition coefficient (Wildman–Crippen LogP) is 2.87. The monoisotopic (exact) mass is 248 g/mol. The van der Waals surface area contributed by atoms with Gasteiger partial charge in [-0.05, 0) is 48.9 Å². The van der Waals surface area contributed by atoms with Gasteiger partial charge in [-0.25, -0.2) is 9.37 Å². The molecule has 0 aliphatic rings. The van der Waals surface area contributed by atoms with Crippen LogP contribution in [0.3, 0.4) is 0 Å². The average molecular weight is 248 g/mol. The molecule has 4 heteroatoms. The number of nitrogens with two attached hydrogens (primary N) is 1. The predicted molar refractivity (Wildman–Crippen MR) is 67.5 cm³/mol. The van der Waals surface area contributed by atoms with Crippen molar-refractivity contribution in [3.63, 3.8) is 0 Å². The van der Waals surface area contributed by atoms with Crippen LogP contribution in [0.5, 0.6) is 0 Å². The second-order valence-corrected chi connectivity index (χ2v) is 4.62. The Morgan fingerprint density at radius 2 is 2.12 bits per heavy atom. The van der Waals surface area contributed by atoms with Crippen LogP contribution in [0.25, 0.3) is 0 Å². The van der Waals surface area contributed by atoms with Crippen molar-refractivity contribution in [2.45, 2.75) is 16.3 Å². The normalized spacial score (nSPS) is 10.5. The summed E-state index contributed by atoms with van der Waals surface area (Å²) < 4.78 is 13.1. The van der Waals surface area contributed by atoms with Crippen LogP contribution in [0.4, 0.5) is 4.39 Å². The van der Waals surface area contributed by atoms with Crippen LogP contribution < -0.4 is 5.73 Å². The summed E-state index contributed by atoms with van der Waals surface area (Å²) in [5.74, 6) is -0.223. The Kier molecular flexibility index (Phi) is 4.12. The van der Waals surface area contributed by atoms with Gasteiger partial charge in [0, 0.05) is 11.1 Å². The Balaban J connectivity index is 2.26. The number of aromatic nitrogens is 1. The Morgan fingerprint density at radius 1 is 1.24 bits per heavy atom. The molecule has 0 fully saturated rings. The summed E-state index contributed by atoms with van der Waals surface area (Å²) in [5, 5.41) is 0.900. The van der Waals surface area contributed by atoms with Gasteiger partial charge in [-0.3, -0.25) is 0 Å². The molecule has 17 heavy (non-hydrogen) atoms. The van der Waals surface area contributed by atoms with E-state index in [-0.39, 0.29) is 5.82 Å². The third-order valence-electron chi connectivity index (χ3n) is 2.29. The van der Waals surface area contributed by atoms with E-state index in [1.54, 1.807) is 12.3 Å². The molecule has 0 saturated heterocycles. The Bertz CT molecular complexity index is 488. The second-order valence-electron chi connectivity index (χ2n) is 3.56. The zero-order valence-electron chi connectivity index (χ0n) is 9.27. The summed E-state index contributed by atoms with van der Waals surface area (Å²) in [5.41, 5.74) is 6.46. The molecule has 0 spiro atoms. The molecule has 0 saturated carbocycles. The number of halogens is 1. The number of hydrogen-bond donors (Lipinski definition) is 1.